The van der Waals surface area contributed by atoms with E-state index in [2.05, 4.69) is 27.1 Å². The van der Waals surface area contributed by atoms with Crippen molar-refractivity contribution in [3.63, 3.8) is 0 Å². The first-order chi connectivity index (χ1) is 13.1. The van der Waals surface area contributed by atoms with Gasteiger partial charge < -0.3 is 15.0 Å². The summed E-state index contributed by atoms with van der Waals surface area (Å²) in [6, 6.07) is 9.82. The molecule has 1 aliphatic rings. The van der Waals surface area contributed by atoms with Crippen molar-refractivity contribution in [1.29, 1.82) is 0 Å². The van der Waals surface area contributed by atoms with E-state index in [1.165, 1.54) is 11.6 Å². The Morgan fingerprint density at radius 2 is 2.19 bits per heavy atom. The fourth-order valence-corrected chi connectivity index (χ4v) is 3.25. The summed E-state index contributed by atoms with van der Waals surface area (Å²) in [7, 11) is 0. The van der Waals surface area contributed by atoms with Crippen molar-refractivity contribution in [2.45, 2.75) is 19.4 Å². The van der Waals surface area contributed by atoms with Crippen molar-refractivity contribution in [3.8, 4) is 11.5 Å². The van der Waals surface area contributed by atoms with Gasteiger partial charge in [0.15, 0.2) is 11.5 Å². The molecule has 1 saturated heterocycles. The van der Waals surface area contributed by atoms with Crippen LogP contribution in [0.4, 0.5) is 5.82 Å². The Hall–Kier alpha value is -3.35. The Morgan fingerprint density at radius 3 is 2.96 bits per heavy atom. The van der Waals surface area contributed by atoms with Gasteiger partial charge in [0, 0.05) is 31.4 Å². The number of H-pyrrole nitrogens is 1. The highest BCUT2D eigenvalue weighted by molar-refractivity contribution is 5.93. The number of amides is 1. The molecular weight excluding hydrogens is 342 g/mol. The zero-order chi connectivity index (χ0) is 18.8. The number of pyridine rings is 1. The molecule has 0 unspecified atom stereocenters. The second-order valence-electron chi connectivity index (χ2n) is 6.64. The van der Waals surface area contributed by atoms with Crippen molar-refractivity contribution in [2.75, 3.05) is 18.4 Å². The normalized spacial score (nSPS) is 16.5. The first-order valence-electron chi connectivity index (χ1n) is 8.89. The zero-order valence-corrected chi connectivity index (χ0v) is 15.1. The molecule has 7 heteroatoms. The summed E-state index contributed by atoms with van der Waals surface area (Å²) in [4.78, 5) is 17.9. The van der Waals surface area contributed by atoms with Crippen molar-refractivity contribution in [3.05, 3.63) is 54.7 Å². The number of likely N-dealkylation sites (tertiary alicyclic amines) is 1. The minimum Gasteiger partial charge on any atom is -0.456 e. The number of anilines is 1. The topological polar surface area (TPSA) is 83.1 Å². The Balaban J connectivity index is 1.58. The molecule has 3 heterocycles. The summed E-state index contributed by atoms with van der Waals surface area (Å²) in [6.07, 6.45) is 3.89. The van der Waals surface area contributed by atoms with Gasteiger partial charge in [-0.05, 0) is 31.6 Å². The molecule has 1 aliphatic heterocycles. The molecule has 0 radical (unpaired) electrons. The second-order valence-corrected chi connectivity index (χ2v) is 6.64. The van der Waals surface area contributed by atoms with Gasteiger partial charge >= 0.3 is 0 Å². The molecule has 3 aromatic rings. The third-order valence-corrected chi connectivity index (χ3v) is 4.69. The molecule has 0 spiro atoms. The van der Waals surface area contributed by atoms with Crippen LogP contribution in [0, 0.1) is 6.92 Å². The minimum absolute atomic E-state index is 0.0451. The molecule has 2 N–H and O–H groups in total. The van der Waals surface area contributed by atoms with E-state index in [-0.39, 0.29) is 11.9 Å². The van der Waals surface area contributed by atoms with Gasteiger partial charge in [-0.2, -0.15) is 5.10 Å². The Morgan fingerprint density at radius 1 is 1.37 bits per heavy atom. The minimum atomic E-state index is -0.0451. The number of aromatic nitrogens is 3. The van der Waals surface area contributed by atoms with Crippen LogP contribution in [-0.4, -0.2) is 45.1 Å². The lowest BCUT2D eigenvalue weighted by atomic mass is 10.2. The van der Waals surface area contributed by atoms with Crippen molar-refractivity contribution in [2.24, 2.45) is 0 Å². The number of aromatic amines is 1. The predicted molar refractivity (Wildman–Crippen MR) is 104 cm³/mol. The Kier molecular flexibility index (Phi) is 4.50. The van der Waals surface area contributed by atoms with Crippen LogP contribution in [0.25, 0.3) is 11.0 Å². The van der Waals surface area contributed by atoms with Crippen LogP contribution in [0.15, 0.2) is 49.2 Å². The number of nitrogens with zero attached hydrogens (tertiary/aromatic N) is 3. The molecule has 1 fully saturated rings. The number of nitrogens with one attached hydrogen (secondary N) is 2. The number of hydrogen-bond donors (Lipinski definition) is 2. The van der Waals surface area contributed by atoms with Crippen LogP contribution in [0.5, 0.6) is 11.5 Å². The van der Waals surface area contributed by atoms with E-state index >= 15 is 0 Å². The maximum absolute atomic E-state index is 11.8. The van der Waals surface area contributed by atoms with Crippen molar-refractivity contribution in [1.82, 2.24) is 20.1 Å². The molecule has 4 rings (SSSR count). The molecule has 0 bridgehead atoms. The zero-order valence-electron chi connectivity index (χ0n) is 15.1. The van der Waals surface area contributed by atoms with E-state index in [4.69, 9.17) is 4.74 Å². The highest BCUT2D eigenvalue weighted by atomic mass is 16.5. The van der Waals surface area contributed by atoms with Crippen molar-refractivity contribution < 1.29 is 9.53 Å². The quantitative estimate of drug-likeness (QED) is 0.680. The van der Waals surface area contributed by atoms with E-state index < -0.39 is 0 Å². The van der Waals surface area contributed by atoms with Gasteiger partial charge in [-0.3, -0.25) is 9.89 Å². The SMILES string of the molecule is C=CC(=O)N1CC[C@@H](Nc2n[nH]c3nccc(Oc4ccc(C)cc4)c23)C1. The molecular formula is C20H21N5O2. The highest BCUT2D eigenvalue weighted by Gasteiger charge is 2.26. The maximum Gasteiger partial charge on any atom is 0.246 e. The van der Waals surface area contributed by atoms with E-state index in [1.54, 1.807) is 11.1 Å². The highest BCUT2D eigenvalue weighted by Crippen LogP contribution is 2.33. The van der Waals surface area contributed by atoms with Gasteiger partial charge in [0.2, 0.25) is 5.91 Å². The Labute approximate surface area is 157 Å². The number of aryl methyl sites for hydroxylation is 1. The van der Waals surface area contributed by atoms with Crippen LogP contribution in [-0.2, 0) is 4.79 Å². The fraction of sp³-hybridized carbons (Fsp3) is 0.250. The van der Waals surface area contributed by atoms with Gasteiger partial charge in [0.05, 0.1) is 0 Å². The van der Waals surface area contributed by atoms with Gasteiger partial charge in [-0.15, -0.1) is 0 Å². The van der Waals surface area contributed by atoms with E-state index in [0.29, 0.717) is 30.3 Å². The molecule has 27 heavy (non-hydrogen) atoms. The van der Waals surface area contributed by atoms with Gasteiger partial charge in [-0.1, -0.05) is 24.3 Å². The number of carbonyl (C=O) groups excluding carboxylic acids is 1. The summed E-state index contributed by atoms with van der Waals surface area (Å²) in [5.74, 6) is 2.07. The summed E-state index contributed by atoms with van der Waals surface area (Å²) >= 11 is 0. The van der Waals surface area contributed by atoms with Gasteiger partial charge in [-0.25, -0.2) is 4.98 Å². The average molecular weight is 363 g/mol. The first kappa shape index (κ1) is 17.1. The largest absolute Gasteiger partial charge is 0.456 e. The van der Waals surface area contributed by atoms with Crippen molar-refractivity contribution >= 4 is 22.8 Å². The summed E-state index contributed by atoms with van der Waals surface area (Å²) in [6.45, 7) is 6.91. The predicted octanol–water partition coefficient (Wildman–Crippen LogP) is 3.26. The number of rotatable bonds is 5. The molecule has 1 atom stereocenters. The van der Waals surface area contributed by atoms with Crippen LogP contribution >= 0.6 is 0 Å². The third kappa shape index (κ3) is 3.48. The first-order valence-corrected chi connectivity index (χ1v) is 8.89. The van der Waals surface area contributed by atoms with Crippen LogP contribution in [0.3, 0.4) is 0 Å². The number of ether oxygens (including phenoxy) is 1. The molecule has 1 aromatic carbocycles. The molecule has 1 amide bonds. The fourth-order valence-electron chi connectivity index (χ4n) is 3.25. The van der Waals surface area contributed by atoms with Crippen LogP contribution in [0.2, 0.25) is 0 Å². The van der Waals surface area contributed by atoms with Gasteiger partial charge in [0.25, 0.3) is 0 Å². The van der Waals surface area contributed by atoms with E-state index in [1.807, 2.05) is 37.3 Å². The third-order valence-electron chi connectivity index (χ3n) is 4.69. The molecule has 7 nitrogen and oxygen atoms in total. The second kappa shape index (κ2) is 7.11. The summed E-state index contributed by atoms with van der Waals surface area (Å²) in [5, 5.41) is 11.5. The lowest BCUT2D eigenvalue weighted by molar-refractivity contribution is -0.125. The number of carbonyl (C=O) groups is 1. The van der Waals surface area contributed by atoms with Crippen LogP contribution in [0.1, 0.15) is 12.0 Å². The number of benzene rings is 1. The molecule has 2 aromatic heterocycles. The summed E-state index contributed by atoms with van der Waals surface area (Å²) < 4.78 is 6.07. The molecule has 0 aliphatic carbocycles. The maximum atomic E-state index is 11.8. The lowest BCUT2D eigenvalue weighted by Gasteiger charge is -2.15. The van der Waals surface area contributed by atoms with E-state index in [9.17, 15) is 4.79 Å². The smallest absolute Gasteiger partial charge is 0.246 e. The molecule has 0 saturated carbocycles. The molecule has 138 valence electrons. The number of hydrogen-bond acceptors (Lipinski definition) is 5. The summed E-state index contributed by atoms with van der Waals surface area (Å²) in [5.41, 5.74) is 1.83. The van der Waals surface area contributed by atoms with Gasteiger partial charge in [0.1, 0.15) is 16.9 Å². The average Bonchev–Trinajstić information content (AvgIpc) is 3.31. The number of fused-ring (bicyclic) bond motifs is 1. The lowest BCUT2D eigenvalue weighted by Crippen LogP contribution is -2.30. The van der Waals surface area contributed by atoms with Crippen LogP contribution < -0.4 is 10.1 Å². The monoisotopic (exact) mass is 363 g/mol. The standard InChI is InChI=1S/C20H21N5O2/c1-3-17(26)25-11-9-14(12-25)22-20-18-16(8-10-21-19(18)23-24-20)27-15-6-4-13(2)5-7-15/h3-8,10,14H,1,9,11-12H2,2H3,(H2,21,22,23,24)/t14-/m1/s1. The van der Waals surface area contributed by atoms with E-state index in [0.717, 1.165) is 17.6 Å². The Bertz CT molecular complexity index is 980.